The second-order valence-corrected chi connectivity index (χ2v) is 8.66. The second-order valence-electron chi connectivity index (χ2n) is 7.68. The minimum atomic E-state index is 0.643. The third-order valence-corrected chi connectivity index (χ3v) is 7.15. The molecule has 0 radical (unpaired) electrons. The van der Waals surface area contributed by atoms with Gasteiger partial charge in [0.1, 0.15) is 0 Å². The average Bonchev–Trinajstić information content (AvgIpc) is 3.18. The fourth-order valence-corrected chi connectivity index (χ4v) is 5.74. The van der Waals surface area contributed by atoms with E-state index < -0.39 is 0 Å². The summed E-state index contributed by atoms with van der Waals surface area (Å²) in [5.74, 6) is 0.749. The van der Waals surface area contributed by atoms with Crippen LogP contribution in [-0.4, -0.2) is 37.3 Å². The van der Waals surface area contributed by atoms with Crippen LogP contribution in [0.25, 0.3) is 0 Å². The van der Waals surface area contributed by atoms with Gasteiger partial charge in [0.15, 0.2) is 0 Å². The molecule has 1 aromatic heterocycles. The molecule has 0 spiro atoms. The molecular weight excluding hydrogens is 302 g/mol. The van der Waals surface area contributed by atoms with Gasteiger partial charge < -0.3 is 16.0 Å². The van der Waals surface area contributed by atoms with E-state index in [-0.39, 0.29) is 0 Å². The quantitative estimate of drug-likeness (QED) is 0.795. The lowest BCUT2D eigenvalue weighted by Crippen LogP contribution is -2.61. The Kier molecular flexibility index (Phi) is 5.34. The minimum absolute atomic E-state index is 0.643. The molecule has 0 saturated carbocycles. The number of hydrogen-bond donors (Lipinski definition) is 3. The highest BCUT2D eigenvalue weighted by molar-refractivity contribution is 7.10. The van der Waals surface area contributed by atoms with E-state index in [0.29, 0.717) is 24.2 Å². The van der Waals surface area contributed by atoms with Gasteiger partial charge in [-0.05, 0) is 69.0 Å². The van der Waals surface area contributed by atoms with Crippen molar-refractivity contribution in [2.75, 3.05) is 13.1 Å². The summed E-state index contributed by atoms with van der Waals surface area (Å²) in [6.07, 6.45) is 10.8. The lowest BCUT2D eigenvalue weighted by Gasteiger charge is -2.45. The molecule has 3 nitrogen and oxygen atoms in total. The lowest BCUT2D eigenvalue weighted by molar-refractivity contribution is 0.181. The van der Waals surface area contributed by atoms with Gasteiger partial charge in [0.2, 0.25) is 0 Å². The molecule has 3 aliphatic rings. The van der Waals surface area contributed by atoms with Crippen molar-refractivity contribution in [1.82, 2.24) is 16.0 Å². The Morgan fingerprint density at radius 1 is 0.826 bits per heavy atom. The first-order valence-corrected chi connectivity index (χ1v) is 10.5. The van der Waals surface area contributed by atoms with Crippen LogP contribution in [0, 0.1) is 0 Å². The Morgan fingerprint density at radius 2 is 1.48 bits per heavy atom. The normalized spacial score (nSPS) is 39.2. The summed E-state index contributed by atoms with van der Waals surface area (Å²) < 4.78 is 0. The molecule has 0 aromatic carbocycles. The van der Waals surface area contributed by atoms with Crippen molar-refractivity contribution in [2.24, 2.45) is 0 Å². The summed E-state index contributed by atoms with van der Waals surface area (Å²) in [6.45, 7) is 2.41. The highest BCUT2D eigenvalue weighted by Crippen LogP contribution is 2.36. The molecule has 0 bridgehead atoms. The molecule has 4 rings (SSSR count). The van der Waals surface area contributed by atoms with E-state index in [0.717, 1.165) is 5.92 Å². The van der Waals surface area contributed by atoms with E-state index in [1.807, 2.05) is 11.3 Å². The van der Waals surface area contributed by atoms with Crippen molar-refractivity contribution in [2.45, 2.75) is 81.5 Å². The monoisotopic (exact) mass is 333 g/mol. The first kappa shape index (κ1) is 16.1. The summed E-state index contributed by atoms with van der Waals surface area (Å²) >= 11 is 1.96. The standard InChI is InChI=1S/C19H31N3S/c1-3-9-20-15(6-1)17-12-14(19-8-5-11-23-19)13-18(22-17)16-7-2-4-10-21-16/h5,8,11,14-18,20-22H,1-4,6-7,9-10,12-13H2. The molecule has 3 saturated heterocycles. The van der Waals surface area contributed by atoms with E-state index in [1.165, 1.54) is 64.5 Å². The predicted molar refractivity (Wildman–Crippen MR) is 98.3 cm³/mol. The Morgan fingerprint density at radius 3 is 1.96 bits per heavy atom. The zero-order valence-corrected chi connectivity index (χ0v) is 14.9. The molecule has 4 heteroatoms. The van der Waals surface area contributed by atoms with Crippen molar-refractivity contribution >= 4 is 11.3 Å². The van der Waals surface area contributed by atoms with Crippen molar-refractivity contribution in [3.05, 3.63) is 22.4 Å². The molecule has 4 heterocycles. The van der Waals surface area contributed by atoms with Gasteiger partial charge in [-0.15, -0.1) is 11.3 Å². The Labute approximate surface area is 144 Å². The van der Waals surface area contributed by atoms with Gasteiger partial charge >= 0.3 is 0 Å². The van der Waals surface area contributed by atoms with Crippen LogP contribution in [-0.2, 0) is 0 Å². The molecule has 128 valence electrons. The van der Waals surface area contributed by atoms with Gasteiger partial charge in [-0.3, -0.25) is 0 Å². The summed E-state index contributed by atoms with van der Waals surface area (Å²) in [6, 6.07) is 7.23. The third kappa shape index (κ3) is 3.81. The summed E-state index contributed by atoms with van der Waals surface area (Å²) in [7, 11) is 0. The maximum Gasteiger partial charge on any atom is 0.0230 e. The number of nitrogens with one attached hydrogen (secondary N) is 3. The number of thiophene rings is 1. The fourth-order valence-electron chi connectivity index (χ4n) is 4.88. The summed E-state index contributed by atoms with van der Waals surface area (Å²) in [5.41, 5.74) is 0. The predicted octanol–water partition coefficient (Wildman–Crippen LogP) is 3.24. The number of hydrogen-bond acceptors (Lipinski definition) is 4. The SMILES string of the molecule is c1csc(C2CC(C3CCCCN3)NC(C3CCCCN3)C2)c1. The van der Waals surface area contributed by atoms with Crippen molar-refractivity contribution in [1.29, 1.82) is 0 Å². The van der Waals surface area contributed by atoms with Gasteiger partial charge in [0.05, 0.1) is 0 Å². The molecule has 4 atom stereocenters. The second kappa shape index (κ2) is 7.64. The topological polar surface area (TPSA) is 36.1 Å². The van der Waals surface area contributed by atoms with Gasteiger partial charge in [-0.1, -0.05) is 18.9 Å². The molecule has 1 aromatic rings. The van der Waals surface area contributed by atoms with Crippen LogP contribution in [0.3, 0.4) is 0 Å². The van der Waals surface area contributed by atoms with Crippen LogP contribution < -0.4 is 16.0 Å². The maximum absolute atomic E-state index is 4.06. The summed E-state index contributed by atoms with van der Waals surface area (Å²) in [5, 5.41) is 13.9. The Hall–Kier alpha value is -0.420. The average molecular weight is 334 g/mol. The molecular formula is C19H31N3S. The van der Waals surface area contributed by atoms with Gasteiger partial charge in [0.25, 0.3) is 0 Å². The van der Waals surface area contributed by atoms with E-state index in [4.69, 9.17) is 0 Å². The van der Waals surface area contributed by atoms with Crippen LogP contribution in [0.4, 0.5) is 0 Å². The van der Waals surface area contributed by atoms with Crippen molar-refractivity contribution < 1.29 is 0 Å². The van der Waals surface area contributed by atoms with E-state index in [2.05, 4.69) is 33.5 Å². The molecule has 3 aliphatic heterocycles. The van der Waals surface area contributed by atoms with Crippen LogP contribution in [0.5, 0.6) is 0 Å². The third-order valence-electron chi connectivity index (χ3n) is 6.12. The van der Waals surface area contributed by atoms with E-state index in [9.17, 15) is 0 Å². The van der Waals surface area contributed by atoms with Gasteiger partial charge in [-0.25, -0.2) is 0 Å². The number of piperidine rings is 3. The lowest BCUT2D eigenvalue weighted by atomic mass is 9.79. The summed E-state index contributed by atoms with van der Waals surface area (Å²) in [4.78, 5) is 1.60. The van der Waals surface area contributed by atoms with Crippen LogP contribution in [0.15, 0.2) is 17.5 Å². The van der Waals surface area contributed by atoms with Gasteiger partial charge in [0, 0.05) is 29.0 Å². The zero-order chi connectivity index (χ0) is 15.5. The molecule has 0 amide bonds. The van der Waals surface area contributed by atoms with E-state index >= 15 is 0 Å². The van der Waals surface area contributed by atoms with Gasteiger partial charge in [-0.2, -0.15) is 0 Å². The highest BCUT2D eigenvalue weighted by atomic mass is 32.1. The van der Waals surface area contributed by atoms with E-state index in [1.54, 1.807) is 4.88 Å². The molecule has 0 aliphatic carbocycles. The largest absolute Gasteiger partial charge is 0.312 e. The number of rotatable bonds is 3. The van der Waals surface area contributed by atoms with Crippen molar-refractivity contribution in [3.8, 4) is 0 Å². The molecule has 3 fully saturated rings. The Bertz CT molecular complexity index is 437. The van der Waals surface area contributed by atoms with Crippen LogP contribution in [0.2, 0.25) is 0 Å². The zero-order valence-electron chi connectivity index (χ0n) is 14.1. The first-order valence-electron chi connectivity index (χ1n) is 9.66. The highest BCUT2D eigenvalue weighted by Gasteiger charge is 2.37. The first-order chi connectivity index (χ1) is 11.4. The van der Waals surface area contributed by atoms with Crippen LogP contribution >= 0.6 is 11.3 Å². The Balaban J connectivity index is 1.49. The fraction of sp³-hybridized carbons (Fsp3) is 0.789. The molecule has 3 N–H and O–H groups in total. The minimum Gasteiger partial charge on any atom is -0.312 e. The smallest absolute Gasteiger partial charge is 0.0230 e. The van der Waals surface area contributed by atoms with Crippen LogP contribution in [0.1, 0.15) is 62.2 Å². The van der Waals surface area contributed by atoms with Crippen molar-refractivity contribution in [3.63, 3.8) is 0 Å². The maximum atomic E-state index is 4.06. The molecule has 4 unspecified atom stereocenters. The molecule has 23 heavy (non-hydrogen) atoms.